The van der Waals surface area contributed by atoms with Gasteiger partial charge in [0, 0.05) is 11.1 Å². The van der Waals surface area contributed by atoms with Crippen molar-refractivity contribution in [3.63, 3.8) is 0 Å². The number of piperazine rings is 1. The summed E-state index contributed by atoms with van der Waals surface area (Å²) in [5.74, 6) is -0.956. The molecule has 4 amide bonds. The van der Waals surface area contributed by atoms with E-state index in [9.17, 15) is 27.6 Å². The number of rotatable bonds is 3. The van der Waals surface area contributed by atoms with E-state index < -0.39 is 35.8 Å². The largest absolute Gasteiger partial charge is 0.433 e. The van der Waals surface area contributed by atoms with E-state index >= 15 is 0 Å². The molecule has 3 aromatic carbocycles. The molecule has 3 aliphatic heterocycles. The van der Waals surface area contributed by atoms with Crippen molar-refractivity contribution in [2.75, 3.05) is 30.0 Å². The molecule has 0 radical (unpaired) electrons. The maximum atomic E-state index is 13.9. The molecule has 1 N–H and O–H groups in total. The van der Waals surface area contributed by atoms with Crippen LogP contribution in [-0.2, 0) is 15.8 Å². The third-order valence-electron chi connectivity index (χ3n) is 7.23. The minimum Gasteiger partial charge on any atom is -0.321 e. The van der Waals surface area contributed by atoms with Gasteiger partial charge in [0.1, 0.15) is 6.67 Å². The van der Waals surface area contributed by atoms with Gasteiger partial charge in [-0.05, 0) is 29.7 Å². The number of fused-ring (bicyclic) bond motifs is 2. The van der Waals surface area contributed by atoms with Crippen molar-refractivity contribution in [2.45, 2.75) is 18.3 Å². The number of hydrogen-bond donors (Lipinski definition) is 1. The van der Waals surface area contributed by atoms with Crippen molar-refractivity contribution in [1.29, 1.82) is 0 Å². The summed E-state index contributed by atoms with van der Waals surface area (Å²) in [5.41, 5.74) is -0.426. The van der Waals surface area contributed by atoms with Gasteiger partial charge in [0.2, 0.25) is 0 Å². The Morgan fingerprint density at radius 3 is 2.51 bits per heavy atom. The van der Waals surface area contributed by atoms with E-state index in [0.717, 1.165) is 22.9 Å². The average Bonchev–Trinajstić information content (AvgIpc) is 3.47. The van der Waals surface area contributed by atoms with Crippen molar-refractivity contribution < 1.29 is 32.0 Å². The van der Waals surface area contributed by atoms with Gasteiger partial charge in [-0.1, -0.05) is 42.5 Å². The molecule has 7 nitrogen and oxygen atoms in total. The van der Waals surface area contributed by atoms with Gasteiger partial charge in [0.05, 0.1) is 24.3 Å². The molecule has 4 atom stereocenters. The second-order valence-corrected chi connectivity index (χ2v) is 9.16. The summed E-state index contributed by atoms with van der Waals surface area (Å²) < 4.78 is 38.9. The van der Waals surface area contributed by atoms with E-state index in [4.69, 9.17) is 0 Å². The minimum atomic E-state index is -4.55. The fourth-order valence-corrected chi connectivity index (χ4v) is 5.66. The van der Waals surface area contributed by atoms with E-state index in [2.05, 4.69) is 5.32 Å². The van der Waals surface area contributed by atoms with E-state index in [0.29, 0.717) is 12.2 Å². The number of anilines is 2. The zero-order valence-corrected chi connectivity index (χ0v) is 18.3. The van der Waals surface area contributed by atoms with Crippen LogP contribution in [0.25, 0.3) is 10.8 Å². The average molecular weight is 481 g/mol. The molecular formula is C25H20F3N4O3+. The molecule has 3 aromatic rings. The highest BCUT2D eigenvalue weighted by Gasteiger charge is 2.73. The number of nitrogens with one attached hydrogen (secondary N) is 1. The smallest absolute Gasteiger partial charge is 0.321 e. The molecule has 3 saturated heterocycles. The lowest BCUT2D eigenvalue weighted by atomic mass is 10.1. The molecule has 6 rings (SSSR count). The Hall–Kier alpha value is -3.76. The van der Waals surface area contributed by atoms with Crippen LogP contribution in [-0.4, -0.2) is 59.1 Å². The summed E-state index contributed by atoms with van der Waals surface area (Å²) in [4.78, 5) is 43.8. The number of nitrogens with zero attached hydrogens (tertiary/aromatic N) is 3. The van der Waals surface area contributed by atoms with Crippen molar-refractivity contribution in [3.05, 3.63) is 72.3 Å². The molecular weight excluding hydrogens is 461 g/mol. The lowest BCUT2D eigenvalue weighted by Crippen LogP contribution is -2.63. The van der Waals surface area contributed by atoms with Gasteiger partial charge < -0.3 is 5.32 Å². The number of imide groups is 1. The Bertz CT molecular complexity index is 1400. The number of carbonyl (C=O) groups excluding carboxylic acids is 3. The summed E-state index contributed by atoms with van der Waals surface area (Å²) in [6.07, 6.45) is -4.55. The summed E-state index contributed by atoms with van der Waals surface area (Å²) in [7, 11) is 0. The number of urea groups is 1. The highest BCUT2D eigenvalue weighted by molar-refractivity contribution is 6.22. The van der Waals surface area contributed by atoms with E-state index in [-0.39, 0.29) is 29.3 Å². The number of alkyl halides is 3. The van der Waals surface area contributed by atoms with Gasteiger partial charge in [-0.2, -0.15) is 18.1 Å². The molecule has 3 heterocycles. The van der Waals surface area contributed by atoms with Gasteiger partial charge >= 0.3 is 12.2 Å². The first-order valence-corrected chi connectivity index (χ1v) is 11.1. The standard InChI is InChI=1S/C25H19F3N4O3/c26-25(27,28)16-7-4-8-17(11-16)29-22(33)20-12-30-13-21-23(34)31(24(35)32(20,21)14-30)19-10-3-6-15-5-1-2-9-18(15)19/h1-11,20-21H,12-14H2/p+1. The quantitative estimate of drug-likeness (QED) is 0.457. The second-order valence-electron chi connectivity index (χ2n) is 9.16. The molecule has 2 bridgehead atoms. The third kappa shape index (κ3) is 3.10. The van der Waals surface area contributed by atoms with Crippen LogP contribution in [0.5, 0.6) is 0 Å². The summed E-state index contributed by atoms with van der Waals surface area (Å²) in [6, 6.07) is 15.0. The van der Waals surface area contributed by atoms with Crippen LogP contribution in [0, 0.1) is 0 Å². The van der Waals surface area contributed by atoms with Crippen LogP contribution in [0.1, 0.15) is 5.56 Å². The van der Waals surface area contributed by atoms with Gasteiger partial charge in [-0.15, -0.1) is 0 Å². The van der Waals surface area contributed by atoms with Crippen LogP contribution in [0.2, 0.25) is 0 Å². The first-order chi connectivity index (χ1) is 16.7. The number of quaternary nitrogens is 1. The number of halogens is 3. The van der Waals surface area contributed by atoms with Crippen molar-refractivity contribution in [3.8, 4) is 0 Å². The van der Waals surface area contributed by atoms with Crippen LogP contribution < -0.4 is 10.2 Å². The highest BCUT2D eigenvalue weighted by Crippen LogP contribution is 2.45. The summed E-state index contributed by atoms with van der Waals surface area (Å²) >= 11 is 0. The second kappa shape index (κ2) is 7.37. The molecule has 10 heteroatoms. The Balaban J connectivity index is 1.35. The lowest BCUT2D eigenvalue weighted by Gasteiger charge is -2.32. The normalized spacial score (nSPS) is 27.5. The first kappa shape index (κ1) is 21.8. The number of hydrogen-bond acceptors (Lipinski definition) is 4. The zero-order chi connectivity index (χ0) is 24.5. The Labute approximate surface area is 197 Å². The molecule has 178 valence electrons. The van der Waals surface area contributed by atoms with Crippen LogP contribution in [0.15, 0.2) is 66.7 Å². The fourth-order valence-electron chi connectivity index (χ4n) is 5.66. The molecule has 0 aliphatic carbocycles. The fraction of sp³-hybridized carbons (Fsp3) is 0.240. The number of benzene rings is 3. The molecule has 1 spiro atoms. The molecule has 0 aromatic heterocycles. The van der Waals surface area contributed by atoms with Crippen molar-refractivity contribution in [2.24, 2.45) is 0 Å². The molecule has 3 aliphatic rings. The highest BCUT2D eigenvalue weighted by atomic mass is 19.4. The summed E-state index contributed by atoms with van der Waals surface area (Å²) in [6.45, 7) is 0.792. The predicted molar refractivity (Wildman–Crippen MR) is 121 cm³/mol. The molecule has 4 unspecified atom stereocenters. The maximum Gasteiger partial charge on any atom is 0.433 e. The number of amides is 4. The van der Waals surface area contributed by atoms with Gasteiger partial charge in [-0.25, -0.2) is 14.2 Å². The predicted octanol–water partition coefficient (Wildman–Crippen LogP) is 3.80. The molecule has 3 fully saturated rings. The topological polar surface area (TPSA) is 69.7 Å². The SMILES string of the molecule is O=C(Nc1cccc(C(F)(F)F)c1)C1CN2CC3C(=O)N(c4cccc5ccccc45)C(=O)[N+]13C2. The van der Waals surface area contributed by atoms with Crippen molar-refractivity contribution >= 4 is 40.0 Å². The van der Waals surface area contributed by atoms with Crippen LogP contribution in [0.3, 0.4) is 0 Å². The zero-order valence-electron chi connectivity index (χ0n) is 18.3. The maximum absolute atomic E-state index is 13.9. The Kier molecular flexibility index (Phi) is 4.58. The van der Waals surface area contributed by atoms with E-state index in [1.807, 2.05) is 35.2 Å². The van der Waals surface area contributed by atoms with Crippen molar-refractivity contribution in [1.82, 2.24) is 4.90 Å². The monoisotopic (exact) mass is 481 g/mol. The Morgan fingerprint density at radius 2 is 1.71 bits per heavy atom. The van der Waals surface area contributed by atoms with Crippen LogP contribution >= 0.6 is 0 Å². The molecule has 0 saturated carbocycles. The van der Waals surface area contributed by atoms with Gasteiger partial charge in [-0.3, -0.25) is 9.59 Å². The molecule has 35 heavy (non-hydrogen) atoms. The Morgan fingerprint density at radius 1 is 0.971 bits per heavy atom. The van der Waals surface area contributed by atoms with Gasteiger partial charge in [0.15, 0.2) is 12.1 Å². The van der Waals surface area contributed by atoms with E-state index in [1.54, 1.807) is 12.1 Å². The third-order valence-corrected chi connectivity index (χ3v) is 7.23. The van der Waals surface area contributed by atoms with Crippen LogP contribution in [0.4, 0.5) is 29.3 Å². The lowest BCUT2D eigenvalue weighted by molar-refractivity contribution is -0.852. The van der Waals surface area contributed by atoms with Gasteiger partial charge in [0.25, 0.3) is 11.8 Å². The first-order valence-electron chi connectivity index (χ1n) is 11.1. The van der Waals surface area contributed by atoms with E-state index in [1.165, 1.54) is 17.0 Å². The number of carbonyl (C=O) groups is 3. The summed E-state index contributed by atoms with van der Waals surface area (Å²) in [5, 5.41) is 4.17. The minimum absolute atomic E-state index is 0.0116.